The van der Waals surface area contributed by atoms with Crippen molar-refractivity contribution in [2.45, 2.75) is 0 Å². The molecule has 1 radical (unpaired) electrons. The van der Waals surface area contributed by atoms with Crippen molar-refractivity contribution >= 4 is 58.1 Å². The molecule has 0 unspecified atom stereocenters. The first-order valence-electron chi connectivity index (χ1n) is 4.02. The zero-order chi connectivity index (χ0) is 12.0. The molecule has 0 amide bonds. The standard InChI is InChI=1S/2C4H4N2S2.Co/c2*7-4(8)3-1-2-5-6-3;/h2*1-2H,(H,5,6)(H,7,8);/q;;+2/p-2. The Morgan fingerprint density at radius 3 is 1.41 bits per heavy atom. The molecular weight excluding hydrogens is 339 g/mol. The third-order valence-electron chi connectivity index (χ3n) is 1.44. The average Bonchev–Trinajstić information content (AvgIpc) is 2.93. The van der Waals surface area contributed by atoms with Crippen LogP contribution in [0.4, 0.5) is 0 Å². The quantitative estimate of drug-likeness (QED) is 0.631. The van der Waals surface area contributed by atoms with Gasteiger partial charge in [0.25, 0.3) is 0 Å². The fraction of sp³-hybridized carbons (Fsp3) is 0. The van der Waals surface area contributed by atoms with E-state index < -0.39 is 0 Å². The predicted octanol–water partition coefficient (Wildman–Crippen LogP) is 1.26. The molecule has 0 saturated heterocycles. The van der Waals surface area contributed by atoms with Gasteiger partial charge in [0.2, 0.25) is 0 Å². The summed E-state index contributed by atoms with van der Waals surface area (Å²) in [5, 5.41) is 12.6. The molecule has 0 aliphatic heterocycles. The van der Waals surface area contributed by atoms with Gasteiger partial charge in [-0.05, 0) is 12.1 Å². The van der Waals surface area contributed by atoms with Crippen molar-refractivity contribution in [3.8, 4) is 0 Å². The van der Waals surface area contributed by atoms with Gasteiger partial charge in [-0.15, -0.1) is 8.39 Å². The molecule has 2 heterocycles. The van der Waals surface area contributed by atoms with Crippen LogP contribution in [-0.2, 0) is 42.0 Å². The van der Waals surface area contributed by atoms with Gasteiger partial charge in [-0.2, -0.15) is 10.2 Å². The Morgan fingerprint density at radius 1 is 0.941 bits per heavy atom. The molecule has 2 aromatic heterocycles. The molecule has 0 spiro atoms. The van der Waals surface area contributed by atoms with Crippen molar-refractivity contribution in [1.29, 1.82) is 0 Å². The van der Waals surface area contributed by atoms with Crippen LogP contribution >= 0.6 is 24.4 Å². The van der Waals surface area contributed by atoms with E-state index in [0.717, 1.165) is 11.4 Å². The summed E-state index contributed by atoms with van der Waals surface area (Å²) in [5.41, 5.74) is 1.49. The summed E-state index contributed by atoms with van der Waals surface area (Å²) in [7, 11) is 0. The normalized spacial score (nSPS) is 8.47. The van der Waals surface area contributed by atoms with Crippen LogP contribution in [0.5, 0.6) is 0 Å². The zero-order valence-electron chi connectivity index (χ0n) is 8.17. The topological polar surface area (TPSA) is 57.4 Å². The Morgan fingerprint density at radius 2 is 1.29 bits per heavy atom. The van der Waals surface area contributed by atoms with Crippen LogP contribution < -0.4 is 0 Å². The van der Waals surface area contributed by atoms with Gasteiger partial charge in [0, 0.05) is 23.8 Å². The van der Waals surface area contributed by atoms with Gasteiger partial charge >= 0.3 is 16.8 Å². The molecule has 0 atom stereocenters. The number of aromatic amines is 2. The maximum absolute atomic E-state index is 4.66. The van der Waals surface area contributed by atoms with Gasteiger partial charge in [0.05, 0.1) is 0 Å². The molecule has 0 saturated carbocycles. The van der Waals surface area contributed by atoms with E-state index in [1.807, 2.05) is 0 Å². The van der Waals surface area contributed by atoms with Crippen LogP contribution in [0.1, 0.15) is 11.4 Å². The van der Waals surface area contributed by atoms with Crippen LogP contribution in [0.25, 0.3) is 0 Å². The molecule has 2 N–H and O–H groups in total. The number of aromatic nitrogens is 4. The van der Waals surface area contributed by atoms with Crippen molar-refractivity contribution in [2.24, 2.45) is 0 Å². The first-order valence-corrected chi connectivity index (χ1v) is 5.66. The summed E-state index contributed by atoms with van der Waals surface area (Å²) < 4.78 is 0.866. The van der Waals surface area contributed by atoms with E-state index in [2.05, 4.69) is 70.1 Å². The second-order valence-electron chi connectivity index (χ2n) is 2.52. The fourth-order valence-electron chi connectivity index (χ4n) is 0.739. The second kappa shape index (κ2) is 8.61. The van der Waals surface area contributed by atoms with Gasteiger partial charge in [-0.25, -0.2) is 0 Å². The van der Waals surface area contributed by atoms with E-state index in [-0.39, 0.29) is 16.8 Å². The minimum absolute atomic E-state index is 0. The number of nitrogens with one attached hydrogen (secondary N) is 2. The minimum atomic E-state index is 0. The van der Waals surface area contributed by atoms with Crippen molar-refractivity contribution in [1.82, 2.24) is 20.4 Å². The molecular formula is C8H6CoN4S4. The third kappa shape index (κ3) is 6.15. The van der Waals surface area contributed by atoms with Crippen molar-refractivity contribution in [2.75, 3.05) is 0 Å². The summed E-state index contributed by atoms with van der Waals surface area (Å²) in [6, 6.07) is 3.49. The Hall–Kier alpha value is -0.454. The number of rotatable bonds is 2. The monoisotopic (exact) mass is 345 g/mol. The van der Waals surface area contributed by atoms with Gasteiger partial charge < -0.3 is 49.7 Å². The first-order chi connectivity index (χ1) is 7.61. The molecule has 0 aliphatic carbocycles. The van der Waals surface area contributed by atoms with Crippen LogP contribution in [0.15, 0.2) is 24.5 Å². The van der Waals surface area contributed by atoms with E-state index in [0.29, 0.717) is 8.39 Å². The van der Waals surface area contributed by atoms with E-state index in [9.17, 15) is 0 Å². The molecule has 2 aromatic rings. The molecule has 0 aromatic carbocycles. The summed E-state index contributed by atoms with van der Waals surface area (Å²) >= 11 is 18.6. The van der Waals surface area contributed by atoms with Crippen LogP contribution in [0.2, 0.25) is 0 Å². The van der Waals surface area contributed by atoms with Crippen LogP contribution in [0, 0.1) is 0 Å². The first kappa shape index (κ1) is 16.5. The van der Waals surface area contributed by atoms with Crippen molar-refractivity contribution in [3.05, 3.63) is 35.9 Å². The Labute approximate surface area is 130 Å². The summed E-state index contributed by atoms with van der Waals surface area (Å²) in [5.74, 6) is 0. The minimum Gasteiger partial charge on any atom is -0.427 e. The van der Waals surface area contributed by atoms with E-state index in [1.54, 1.807) is 24.5 Å². The van der Waals surface area contributed by atoms with E-state index in [4.69, 9.17) is 0 Å². The Balaban J connectivity index is 0.000000284. The maximum Gasteiger partial charge on any atom is 2.00 e. The fourth-order valence-corrected chi connectivity index (χ4v) is 1.19. The number of hydrogen-bond acceptors (Lipinski definition) is 6. The van der Waals surface area contributed by atoms with Crippen LogP contribution in [-0.4, -0.2) is 28.8 Å². The van der Waals surface area contributed by atoms with Crippen LogP contribution in [0.3, 0.4) is 0 Å². The summed E-state index contributed by atoms with van der Waals surface area (Å²) in [6.45, 7) is 0. The molecule has 91 valence electrons. The zero-order valence-corrected chi connectivity index (χ0v) is 12.5. The Bertz CT molecular complexity index is 410. The Kier molecular flexibility index (Phi) is 8.38. The number of nitrogens with zero attached hydrogens (tertiary/aromatic N) is 2. The number of thiocarbonyl (C=S) groups is 2. The molecule has 0 bridgehead atoms. The number of H-pyrrole nitrogens is 2. The summed E-state index contributed by atoms with van der Waals surface area (Å²) in [4.78, 5) is 0. The van der Waals surface area contributed by atoms with Gasteiger partial charge in [-0.1, -0.05) is 0 Å². The predicted molar refractivity (Wildman–Crippen MR) is 75.3 cm³/mol. The smallest absolute Gasteiger partial charge is 0.427 e. The van der Waals surface area contributed by atoms with E-state index in [1.165, 1.54) is 0 Å². The van der Waals surface area contributed by atoms with Crippen molar-refractivity contribution in [3.63, 3.8) is 0 Å². The molecule has 2 rings (SSSR count). The third-order valence-corrected chi connectivity index (χ3v) is 2.32. The van der Waals surface area contributed by atoms with Gasteiger partial charge in [0.15, 0.2) is 0 Å². The molecule has 0 aliphatic rings. The van der Waals surface area contributed by atoms with Crippen molar-refractivity contribution < 1.29 is 16.8 Å². The molecule has 9 heteroatoms. The molecule has 4 nitrogen and oxygen atoms in total. The molecule has 17 heavy (non-hydrogen) atoms. The number of hydrogen-bond donors (Lipinski definition) is 2. The largest absolute Gasteiger partial charge is 2.00 e. The van der Waals surface area contributed by atoms with Gasteiger partial charge in [-0.3, -0.25) is 10.2 Å². The average molecular weight is 345 g/mol. The molecule has 0 fully saturated rings. The second-order valence-corrected chi connectivity index (χ2v) is 4.67. The van der Waals surface area contributed by atoms with E-state index >= 15 is 0 Å². The summed E-state index contributed by atoms with van der Waals surface area (Å²) in [6.07, 6.45) is 3.24. The maximum atomic E-state index is 4.66. The SMILES string of the molecule is S=C([S-])c1ccn[nH]1.S=C([S-])c1ccn[nH]1.[Co+2]. The van der Waals surface area contributed by atoms with Gasteiger partial charge in [0.1, 0.15) is 0 Å².